The maximum atomic E-state index is 11.4. The van der Waals surface area contributed by atoms with Crippen molar-refractivity contribution in [1.29, 1.82) is 5.41 Å². The molecule has 3 heterocycles. The van der Waals surface area contributed by atoms with Crippen LogP contribution in [0, 0.1) is 17.2 Å². The summed E-state index contributed by atoms with van der Waals surface area (Å²) in [6.07, 6.45) is 9.78. The van der Waals surface area contributed by atoms with Gasteiger partial charge in [0.25, 0.3) is 5.90 Å². The lowest BCUT2D eigenvalue weighted by atomic mass is 9.83. The molecule has 1 amide bonds. The van der Waals surface area contributed by atoms with Crippen molar-refractivity contribution in [3.8, 4) is 11.3 Å². The lowest BCUT2D eigenvalue weighted by Gasteiger charge is -2.26. The Kier molecular flexibility index (Phi) is 7.19. The Balaban J connectivity index is 1.70. The van der Waals surface area contributed by atoms with E-state index in [1.54, 1.807) is 18.5 Å². The van der Waals surface area contributed by atoms with Crippen LogP contribution in [0.2, 0.25) is 5.02 Å². The van der Waals surface area contributed by atoms with E-state index in [0.717, 1.165) is 29.1 Å². The Hall–Kier alpha value is -3.78. The van der Waals surface area contributed by atoms with Crippen LogP contribution in [-0.2, 0) is 17.7 Å². The van der Waals surface area contributed by atoms with Gasteiger partial charge in [-0.3, -0.25) is 10.4 Å². The molecule has 4 aromatic rings. The maximum absolute atomic E-state index is 11.4. The molecular formula is C28H29ClN6O2. The molecule has 0 aliphatic heterocycles. The summed E-state index contributed by atoms with van der Waals surface area (Å²) in [6.45, 7) is 3.17. The highest BCUT2D eigenvalue weighted by molar-refractivity contribution is 6.30. The molecular weight excluding hydrogens is 488 g/mol. The number of hydrogen-bond acceptors (Lipinski definition) is 6. The van der Waals surface area contributed by atoms with Crippen LogP contribution in [-0.4, -0.2) is 31.5 Å². The fourth-order valence-corrected chi connectivity index (χ4v) is 5.31. The van der Waals surface area contributed by atoms with Gasteiger partial charge in [0.2, 0.25) is 5.82 Å². The summed E-state index contributed by atoms with van der Waals surface area (Å²) < 4.78 is 7.09. The van der Waals surface area contributed by atoms with E-state index in [2.05, 4.69) is 39.8 Å². The number of amides is 1. The molecule has 0 spiro atoms. The number of carbonyl (C=O) groups excluding carboxylic acids is 1. The number of pyridine rings is 1. The topological polar surface area (TPSA) is 120 Å². The first-order valence-electron chi connectivity index (χ1n) is 12.5. The minimum absolute atomic E-state index is 0.0279. The van der Waals surface area contributed by atoms with E-state index in [1.807, 2.05) is 18.2 Å². The van der Waals surface area contributed by atoms with Crippen LogP contribution in [0.4, 0.5) is 4.79 Å². The number of nitrogens with zero attached hydrogens (tertiary/aromatic N) is 4. The molecule has 3 aromatic heterocycles. The predicted molar refractivity (Wildman–Crippen MR) is 144 cm³/mol. The van der Waals surface area contributed by atoms with Gasteiger partial charge >= 0.3 is 6.09 Å². The van der Waals surface area contributed by atoms with Crippen molar-refractivity contribution < 1.29 is 9.53 Å². The van der Waals surface area contributed by atoms with Crippen LogP contribution >= 0.6 is 11.6 Å². The van der Waals surface area contributed by atoms with Gasteiger partial charge in [0.1, 0.15) is 5.69 Å². The average Bonchev–Trinajstić information content (AvgIpc) is 3.22. The standard InChI is InChI=1S/C28H29ClN6O2/c1-17-7-9-19(10-8-17)15-35-16-21(11-18-5-3-2-4-6-18)24-25(35)23(20-12-22(29)14-32-13-20)33-27(34-24)26(30)37-28(31)36/h2-6,12-14,16-17,19,30H,7-11,15H2,1H3,(H2,31,36)/t17-,19-. The minimum Gasteiger partial charge on any atom is -0.388 e. The normalized spacial score (nSPS) is 17.6. The van der Waals surface area contributed by atoms with E-state index < -0.39 is 12.0 Å². The number of aromatic nitrogens is 4. The molecule has 1 saturated carbocycles. The van der Waals surface area contributed by atoms with Crippen LogP contribution in [0.25, 0.3) is 22.3 Å². The number of carbonyl (C=O) groups is 1. The van der Waals surface area contributed by atoms with Gasteiger partial charge in [-0.05, 0) is 36.3 Å². The summed E-state index contributed by atoms with van der Waals surface area (Å²) in [5, 5.41) is 8.73. The third-order valence-corrected chi connectivity index (χ3v) is 7.21. The molecule has 1 fully saturated rings. The SMILES string of the molecule is C[C@H]1CC[C@H](Cn2cc(Cc3ccccc3)c3nc(C(=N)OC(N)=O)nc(-c4cncc(Cl)c4)c32)CC1. The number of primary amides is 1. The molecule has 1 aliphatic rings. The highest BCUT2D eigenvalue weighted by atomic mass is 35.5. The first-order chi connectivity index (χ1) is 17.9. The van der Waals surface area contributed by atoms with Crippen molar-refractivity contribution in [2.75, 3.05) is 0 Å². The monoisotopic (exact) mass is 516 g/mol. The highest BCUT2D eigenvalue weighted by Crippen LogP contribution is 2.35. The van der Waals surface area contributed by atoms with Crippen molar-refractivity contribution in [2.24, 2.45) is 17.6 Å². The largest absolute Gasteiger partial charge is 0.411 e. The van der Waals surface area contributed by atoms with Crippen molar-refractivity contribution in [3.05, 3.63) is 77.0 Å². The number of nitrogens with two attached hydrogens (primary N) is 1. The molecule has 0 saturated heterocycles. The number of halogens is 1. The van der Waals surface area contributed by atoms with Crippen LogP contribution in [0.5, 0.6) is 0 Å². The molecule has 37 heavy (non-hydrogen) atoms. The number of fused-ring (bicyclic) bond motifs is 1. The molecule has 1 aromatic carbocycles. The zero-order chi connectivity index (χ0) is 25.9. The van der Waals surface area contributed by atoms with Crippen LogP contribution in [0.1, 0.15) is 49.6 Å². The molecule has 1 aliphatic carbocycles. The fraction of sp³-hybridized carbons (Fsp3) is 0.321. The Morgan fingerprint density at radius 1 is 1.16 bits per heavy atom. The Labute approximate surface area is 220 Å². The summed E-state index contributed by atoms with van der Waals surface area (Å²) in [7, 11) is 0. The molecule has 0 bridgehead atoms. The molecule has 190 valence electrons. The van der Waals surface area contributed by atoms with Gasteiger partial charge in [-0.2, -0.15) is 0 Å². The highest BCUT2D eigenvalue weighted by Gasteiger charge is 2.24. The zero-order valence-corrected chi connectivity index (χ0v) is 21.4. The van der Waals surface area contributed by atoms with E-state index >= 15 is 0 Å². The van der Waals surface area contributed by atoms with E-state index in [0.29, 0.717) is 34.1 Å². The third kappa shape index (κ3) is 5.64. The molecule has 3 N–H and O–H groups in total. The zero-order valence-electron chi connectivity index (χ0n) is 20.7. The molecule has 5 rings (SSSR count). The number of benzene rings is 1. The van der Waals surface area contributed by atoms with Crippen LogP contribution < -0.4 is 5.73 Å². The van der Waals surface area contributed by atoms with E-state index in [1.165, 1.54) is 25.7 Å². The summed E-state index contributed by atoms with van der Waals surface area (Å²) in [5.41, 5.74) is 10.1. The predicted octanol–water partition coefficient (Wildman–Crippen LogP) is 5.98. The Morgan fingerprint density at radius 2 is 1.92 bits per heavy atom. The molecule has 0 atom stereocenters. The summed E-state index contributed by atoms with van der Waals surface area (Å²) in [4.78, 5) is 25.0. The van der Waals surface area contributed by atoms with Gasteiger partial charge in [0.05, 0.1) is 16.1 Å². The van der Waals surface area contributed by atoms with Crippen molar-refractivity contribution in [1.82, 2.24) is 19.5 Å². The second-order valence-corrected chi connectivity index (χ2v) is 10.3. The second kappa shape index (κ2) is 10.7. The van der Waals surface area contributed by atoms with Crippen molar-refractivity contribution >= 4 is 34.6 Å². The number of hydrogen-bond donors (Lipinski definition) is 2. The number of rotatable bonds is 6. The van der Waals surface area contributed by atoms with Gasteiger partial charge in [0.15, 0.2) is 0 Å². The molecule has 0 unspecified atom stereocenters. The second-order valence-electron chi connectivity index (χ2n) is 9.83. The first kappa shape index (κ1) is 24.9. The van der Waals surface area contributed by atoms with Gasteiger partial charge in [-0.1, -0.05) is 61.7 Å². The quantitative estimate of drug-likeness (QED) is 0.241. The smallest absolute Gasteiger partial charge is 0.388 e. The first-order valence-corrected chi connectivity index (χ1v) is 12.9. The number of nitrogens with one attached hydrogen (secondary N) is 1. The van der Waals surface area contributed by atoms with Gasteiger partial charge in [-0.15, -0.1) is 0 Å². The fourth-order valence-electron chi connectivity index (χ4n) is 5.13. The van der Waals surface area contributed by atoms with E-state index in [4.69, 9.17) is 32.5 Å². The summed E-state index contributed by atoms with van der Waals surface area (Å²) in [5.74, 6) is 0.782. The summed E-state index contributed by atoms with van der Waals surface area (Å²) in [6, 6.07) is 12.0. The molecule has 9 heteroatoms. The van der Waals surface area contributed by atoms with Crippen molar-refractivity contribution in [2.45, 2.75) is 45.6 Å². The lowest BCUT2D eigenvalue weighted by molar-refractivity contribution is 0.207. The molecule has 8 nitrogen and oxygen atoms in total. The molecule has 0 radical (unpaired) electrons. The number of ether oxygens (including phenoxy) is 1. The Morgan fingerprint density at radius 3 is 2.62 bits per heavy atom. The van der Waals surface area contributed by atoms with Crippen LogP contribution in [0.15, 0.2) is 55.0 Å². The Bertz CT molecular complexity index is 1440. The van der Waals surface area contributed by atoms with Crippen LogP contribution in [0.3, 0.4) is 0 Å². The summed E-state index contributed by atoms with van der Waals surface area (Å²) >= 11 is 6.30. The van der Waals surface area contributed by atoms with E-state index in [-0.39, 0.29) is 5.82 Å². The van der Waals surface area contributed by atoms with Gasteiger partial charge in [0, 0.05) is 42.7 Å². The maximum Gasteiger partial charge on any atom is 0.411 e. The van der Waals surface area contributed by atoms with E-state index in [9.17, 15) is 4.79 Å². The lowest BCUT2D eigenvalue weighted by Crippen LogP contribution is -2.21. The minimum atomic E-state index is -1.09. The third-order valence-electron chi connectivity index (χ3n) is 7.00. The van der Waals surface area contributed by atoms with Gasteiger partial charge < -0.3 is 15.0 Å². The van der Waals surface area contributed by atoms with Crippen molar-refractivity contribution in [3.63, 3.8) is 0 Å². The average molecular weight is 517 g/mol. The van der Waals surface area contributed by atoms with Gasteiger partial charge in [-0.25, -0.2) is 14.8 Å².